The number of carboxylic acid groups (broad SMARTS) is 1. The number of likely N-dealkylation sites (N-methyl/N-ethyl adjacent to an activating group) is 1. The van der Waals surface area contributed by atoms with Crippen LogP contribution in [0.5, 0.6) is 0 Å². The van der Waals surface area contributed by atoms with Gasteiger partial charge < -0.3 is 15.3 Å². The first-order valence-corrected chi connectivity index (χ1v) is 4.77. The van der Waals surface area contributed by atoms with Gasteiger partial charge in [-0.3, -0.25) is 14.4 Å². The van der Waals surface area contributed by atoms with Gasteiger partial charge in [-0.05, 0) is 6.42 Å². The Morgan fingerprint density at radius 1 is 1.60 bits per heavy atom. The summed E-state index contributed by atoms with van der Waals surface area (Å²) in [6.07, 6.45) is 0.779. The van der Waals surface area contributed by atoms with E-state index in [4.69, 9.17) is 5.11 Å². The molecule has 0 aliphatic carbocycles. The predicted molar refractivity (Wildman–Crippen MR) is 51.1 cm³/mol. The minimum atomic E-state index is -0.940. The van der Waals surface area contributed by atoms with E-state index in [9.17, 15) is 14.4 Å². The van der Waals surface area contributed by atoms with E-state index in [1.165, 1.54) is 11.9 Å². The molecule has 6 heteroatoms. The number of nitrogens with zero attached hydrogens (tertiary/aromatic N) is 1. The number of rotatable bonds is 4. The van der Waals surface area contributed by atoms with E-state index in [0.29, 0.717) is 12.8 Å². The summed E-state index contributed by atoms with van der Waals surface area (Å²) in [5, 5.41) is 11.0. The number of carbonyl (C=O) groups is 3. The second kappa shape index (κ2) is 4.77. The standard InChI is InChI=1S/C9H14N2O4/c1-11(5-4-8(13)14)9(15)6-2-3-7(12)10-6/h6H,2-5H2,1H3,(H,10,12)(H,13,14)/t6-/m1/s1. The first-order valence-electron chi connectivity index (χ1n) is 4.77. The third kappa shape index (κ3) is 3.23. The molecule has 6 nitrogen and oxygen atoms in total. The summed E-state index contributed by atoms with van der Waals surface area (Å²) in [5.41, 5.74) is 0. The summed E-state index contributed by atoms with van der Waals surface area (Å²) in [6.45, 7) is 0.167. The molecular formula is C9H14N2O4. The van der Waals surface area contributed by atoms with Crippen LogP contribution >= 0.6 is 0 Å². The van der Waals surface area contributed by atoms with Gasteiger partial charge in [-0.15, -0.1) is 0 Å². The predicted octanol–water partition coefficient (Wildman–Crippen LogP) is -0.802. The molecule has 15 heavy (non-hydrogen) atoms. The lowest BCUT2D eigenvalue weighted by Gasteiger charge is -2.19. The van der Waals surface area contributed by atoms with E-state index in [1.807, 2.05) is 0 Å². The van der Waals surface area contributed by atoms with E-state index in [1.54, 1.807) is 0 Å². The Labute approximate surface area is 87.2 Å². The molecule has 1 heterocycles. The Kier molecular flexibility index (Phi) is 3.65. The van der Waals surface area contributed by atoms with Gasteiger partial charge >= 0.3 is 5.97 Å². The molecule has 1 saturated heterocycles. The highest BCUT2D eigenvalue weighted by atomic mass is 16.4. The Hall–Kier alpha value is -1.59. The fourth-order valence-electron chi connectivity index (χ4n) is 1.44. The Bertz CT molecular complexity index is 290. The SMILES string of the molecule is CN(CCC(=O)O)C(=O)[C@H]1CCC(=O)N1. The van der Waals surface area contributed by atoms with Crippen LogP contribution in [0.25, 0.3) is 0 Å². The molecule has 0 aromatic heterocycles. The van der Waals surface area contributed by atoms with Crippen molar-refractivity contribution in [1.29, 1.82) is 0 Å². The molecule has 1 rings (SSSR count). The number of nitrogens with one attached hydrogen (secondary N) is 1. The lowest BCUT2D eigenvalue weighted by molar-refractivity contribution is -0.138. The quantitative estimate of drug-likeness (QED) is 0.641. The maximum Gasteiger partial charge on any atom is 0.305 e. The normalized spacial score (nSPS) is 19.8. The third-order valence-electron chi connectivity index (χ3n) is 2.33. The molecule has 1 aliphatic heterocycles. The molecule has 1 aliphatic rings. The van der Waals surface area contributed by atoms with Gasteiger partial charge in [0, 0.05) is 20.0 Å². The summed E-state index contributed by atoms with van der Waals surface area (Å²) < 4.78 is 0. The van der Waals surface area contributed by atoms with Crippen molar-refractivity contribution < 1.29 is 19.5 Å². The Morgan fingerprint density at radius 3 is 2.73 bits per heavy atom. The number of hydrogen-bond donors (Lipinski definition) is 2. The summed E-state index contributed by atoms with van der Waals surface area (Å²) in [4.78, 5) is 34.1. The van der Waals surface area contributed by atoms with Crippen molar-refractivity contribution in [1.82, 2.24) is 10.2 Å². The lowest BCUT2D eigenvalue weighted by Crippen LogP contribution is -2.43. The fourth-order valence-corrected chi connectivity index (χ4v) is 1.44. The number of carbonyl (C=O) groups excluding carboxylic acids is 2. The van der Waals surface area contributed by atoms with Gasteiger partial charge in [0.15, 0.2) is 0 Å². The first-order chi connectivity index (χ1) is 7.00. The monoisotopic (exact) mass is 214 g/mol. The summed E-state index contributed by atoms with van der Waals surface area (Å²) >= 11 is 0. The molecule has 1 fully saturated rings. The van der Waals surface area contributed by atoms with Crippen molar-refractivity contribution in [3.63, 3.8) is 0 Å². The molecule has 0 spiro atoms. The van der Waals surface area contributed by atoms with E-state index in [-0.39, 0.29) is 24.8 Å². The van der Waals surface area contributed by atoms with Crippen molar-refractivity contribution >= 4 is 17.8 Å². The van der Waals surface area contributed by atoms with Crippen LogP contribution in [0.1, 0.15) is 19.3 Å². The average molecular weight is 214 g/mol. The minimum absolute atomic E-state index is 0.0804. The van der Waals surface area contributed by atoms with Gasteiger partial charge in [-0.2, -0.15) is 0 Å². The van der Waals surface area contributed by atoms with E-state index in [0.717, 1.165) is 0 Å². The van der Waals surface area contributed by atoms with Crippen LogP contribution in [0, 0.1) is 0 Å². The van der Waals surface area contributed by atoms with Crippen LogP contribution < -0.4 is 5.32 Å². The van der Waals surface area contributed by atoms with Crippen LogP contribution in [-0.2, 0) is 14.4 Å². The van der Waals surface area contributed by atoms with Crippen molar-refractivity contribution in [2.45, 2.75) is 25.3 Å². The van der Waals surface area contributed by atoms with Gasteiger partial charge in [-0.1, -0.05) is 0 Å². The van der Waals surface area contributed by atoms with Gasteiger partial charge in [0.05, 0.1) is 6.42 Å². The molecule has 1 atom stereocenters. The minimum Gasteiger partial charge on any atom is -0.481 e. The molecular weight excluding hydrogens is 200 g/mol. The highest BCUT2D eigenvalue weighted by Gasteiger charge is 2.29. The molecule has 0 saturated carbocycles. The summed E-state index contributed by atoms with van der Waals surface area (Å²) in [5.74, 6) is -1.29. The highest BCUT2D eigenvalue weighted by Crippen LogP contribution is 2.09. The maximum atomic E-state index is 11.6. The highest BCUT2D eigenvalue weighted by molar-refractivity contribution is 5.90. The third-order valence-corrected chi connectivity index (χ3v) is 2.33. The summed E-state index contributed by atoms with van der Waals surface area (Å²) in [7, 11) is 1.54. The first kappa shape index (κ1) is 11.5. The van der Waals surface area contributed by atoms with Crippen molar-refractivity contribution in [3.8, 4) is 0 Å². The molecule has 0 unspecified atom stereocenters. The zero-order chi connectivity index (χ0) is 11.4. The number of amides is 2. The van der Waals surface area contributed by atoms with Gasteiger partial charge in [0.2, 0.25) is 11.8 Å². The molecule has 2 amide bonds. The fraction of sp³-hybridized carbons (Fsp3) is 0.667. The van der Waals surface area contributed by atoms with Crippen molar-refractivity contribution in [3.05, 3.63) is 0 Å². The van der Waals surface area contributed by atoms with E-state index >= 15 is 0 Å². The van der Waals surface area contributed by atoms with Crippen LogP contribution in [0.4, 0.5) is 0 Å². The number of carboxylic acids is 1. The van der Waals surface area contributed by atoms with Gasteiger partial charge in [-0.25, -0.2) is 0 Å². The molecule has 84 valence electrons. The van der Waals surface area contributed by atoms with Crippen molar-refractivity contribution in [2.24, 2.45) is 0 Å². The summed E-state index contributed by atoms with van der Waals surface area (Å²) in [6, 6.07) is -0.476. The van der Waals surface area contributed by atoms with Crippen LogP contribution in [-0.4, -0.2) is 47.4 Å². The Morgan fingerprint density at radius 2 is 2.27 bits per heavy atom. The zero-order valence-electron chi connectivity index (χ0n) is 8.52. The molecule has 0 radical (unpaired) electrons. The largest absolute Gasteiger partial charge is 0.481 e. The second-order valence-electron chi connectivity index (χ2n) is 3.56. The van der Waals surface area contributed by atoms with Crippen LogP contribution in [0.2, 0.25) is 0 Å². The van der Waals surface area contributed by atoms with Gasteiger partial charge in [0.25, 0.3) is 0 Å². The second-order valence-corrected chi connectivity index (χ2v) is 3.56. The molecule has 0 bridgehead atoms. The Balaban J connectivity index is 2.39. The zero-order valence-corrected chi connectivity index (χ0v) is 8.52. The van der Waals surface area contributed by atoms with E-state index in [2.05, 4.69) is 5.32 Å². The topological polar surface area (TPSA) is 86.7 Å². The smallest absolute Gasteiger partial charge is 0.305 e. The maximum absolute atomic E-state index is 11.6. The van der Waals surface area contributed by atoms with Crippen LogP contribution in [0.15, 0.2) is 0 Å². The lowest BCUT2D eigenvalue weighted by atomic mass is 10.2. The van der Waals surface area contributed by atoms with Crippen molar-refractivity contribution in [2.75, 3.05) is 13.6 Å². The van der Waals surface area contributed by atoms with E-state index < -0.39 is 12.0 Å². The molecule has 2 N–H and O–H groups in total. The average Bonchev–Trinajstić information content (AvgIpc) is 2.60. The molecule has 0 aromatic rings. The number of aliphatic carboxylic acids is 1. The number of hydrogen-bond acceptors (Lipinski definition) is 3. The van der Waals surface area contributed by atoms with Crippen LogP contribution in [0.3, 0.4) is 0 Å². The van der Waals surface area contributed by atoms with Gasteiger partial charge in [0.1, 0.15) is 6.04 Å². The molecule has 0 aromatic carbocycles.